The molecule has 0 aliphatic carbocycles. The number of fused-ring (bicyclic) bond motifs is 1. The summed E-state index contributed by atoms with van der Waals surface area (Å²) in [5.74, 6) is 0.742. The lowest BCUT2D eigenvalue weighted by Crippen LogP contribution is -2.28. The molecule has 0 spiro atoms. The molecule has 9 nitrogen and oxygen atoms in total. The molecule has 0 aliphatic rings. The van der Waals surface area contributed by atoms with Crippen molar-refractivity contribution in [3.05, 3.63) is 75.4 Å². The lowest BCUT2D eigenvalue weighted by Gasteiger charge is -2.10. The van der Waals surface area contributed by atoms with Gasteiger partial charge in [-0.25, -0.2) is 18.9 Å². The summed E-state index contributed by atoms with van der Waals surface area (Å²) in [7, 11) is 1.48. The third-order valence-electron chi connectivity index (χ3n) is 4.96. The van der Waals surface area contributed by atoms with Crippen LogP contribution in [-0.2, 0) is 11.3 Å². The SMILES string of the molecule is COc1ccc(Cl)cc1NC(=O)Cn1nc2c(Oc3cccc(C)c3C)nccn2c1=O. The first-order valence-electron chi connectivity index (χ1n) is 9.69. The molecule has 2 aromatic carbocycles. The van der Waals surface area contributed by atoms with Gasteiger partial charge >= 0.3 is 5.69 Å². The highest BCUT2D eigenvalue weighted by molar-refractivity contribution is 6.31. The van der Waals surface area contributed by atoms with Gasteiger partial charge in [0, 0.05) is 17.4 Å². The summed E-state index contributed by atoms with van der Waals surface area (Å²) >= 11 is 6.00. The number of aryl methyl sites for hydroxylation is 1. The zero-order valence-electron chi connectivity index (χ0n) is 17.6. The molecule has 2 aromatic heterocycles. The highest BCUT2D eigenvalue weighted by Gasteiger charge is 2.17. The van der Waals surface area contributed by atoms with Gasteiger partial charge in [-0.15, -0.1) is 5.10 Å². The molecule has 0 atom stereocenters. The molecule has 4 aromatic rings. The molecule has 164 valence electrons. The summed E-state index contributed by atoms with van der Waals surface area (Å²) in [4.78, 5) is 29.6. The average molecular weight is 454 g/mol. The molecular formula is C22H20ClN5O4. The second-order valence-corrected chi connectivity index (χ2v) is 7.50. The van der Waals surface area contributed by atoms with E-state index in [-0.39, 0.29) is 18.1 Å². The maximum Gasteiger partial charge on any atom is 0.351 e. The molecule has 0 fully saturated rings. The quantitative estimate of drug-likeness (QED) is 0.479. The Kier molecular flexibility index (Phi) is 5.83. The molecule has 1 N–H and O–H groups in total. The van der Waals surface area contributed by atoms with Gasteiger partial charge in [0.1, 0.15) is 18.0 Å². The predicted octanol–water partition coefficient (Wildman–Crippen LogP) is 3.60. The fraction of sp³-hybridized carbons (Fsp3) is 0.182. The van der Waals surface area contributed by atoms with E-state index < -0.39 is 11.6 Å². The number of nitrogens with zero attached hydrogens (tertiary/aromatic N) is 4. The van der Waals surface area contributed by atoms with Crippen LogP contribution in [-0.4, -0.2) is 32.2 Å². The molecule has 0 saturated heterocycles. The van der Waals surface area contributed by atoms with Crippen molar-refractivity contribution in [1.82, 2.24) is 19.2 Å². The Bertz CT molecular complexity index is 1380. The van der Waals surface area contributed by atoms with Crippen molar-refractivity contribution in [3.8, 4) is 17.4 Å². The first-order chi connectivity index (χ1) is 15.4. The summed E-state index contributed by atoms with van der Waals surface area (Å²) in [5, 5.41) is 7.39. The van der Waals surface area contributed by atoms with Crippen LogP contribution in [0.1, 0.15) is 11.1 Å². The zero-order valence-corrected chi connectivity index (χ0v) is 18.4. The van der Waals surface area contributed by atoms with E-state index in [0.717, 1.165) is 15.8 Å². The van der Waals surface area contributed by atoms with Crippen LogP contribution in [0.15, 0.2) is 53.6 Å². The zero-order chi connectivity index (χ0) is 22.8. The Morgan fingerprint density at radius 3 is 2.78 bits per heavy atom. The second kappa shape index (κ2) is 8.72. The van der Waals surface area contributed by atoms with E-state index in [9.17, 15) is 9.59 Å². The van der Waals surface area contributed by atoms with E-state index in [1.807, 2.05) is 32.0 Å². The van der Waals surface area contributed by atoms with Gasteiger partial charge in [-0.2, -0.15) is 0 Å². The minimum atomic E-state index is -0.499. The number of amides is 1. The van der Waals surface area contributed by atoms with Gasteiger partial charge in [0.05, 0.1) is 12.8 Å². The Labute approximate surface area is 188 Å². The van der Waals surface area contributed by atoms with E-state index in [4.69, 9.17) is 21.1 Å². The molecule has 0 aliphatic heterocycles. The Morgan fingerprint density at radius 2 is 2.00 bits per heavy atom. The van der Waals surface area contributed by atoms with Crippen molar-refractivity contribution in [2.75, 3.05) is 12.4 Å². The highest BCUT2D eigenvalue weighted by Crippen LogP contribution is 2.28. The smallest absolute Gasteiger partial charge is 0.351 e. The maximum atomic E-state index is 12.8. The van der Waals surface area contributed by atoms with Crippen molar-refractivity contribution in [3.63, 3.8) is 0 Å². The van der Waals surface area contributed by atoms with Crippen molar-refractivity contribution in [1.29, 1.82) is 0 Å². The van der Waals surface area contributed by atoms with Crippen LogP contribution in [0.5, 0.6) is 17.4 Å². The minimum Gasteiger partial charge on any atom is -0.495 e. The van der Waals surface area contributed by atoms with Crippen molar-refractivity contribution in [2.45, 2.75) is 20.4 Å². The molecule has 0 unspecified atom stereocenters. The lowest BCUT2D eigenvalue weighted by atomic mass is 10.1. The van der Waals surface area contributed by atoms with Crippen LogP contribution in [0.4, 0.5) is 5.69 Å². The van der Waals surface area contributed by atoms with Crippen LogP contribution in [0, 0.1) is 13.8 Å². The standard InChI is InChI=1S/C22H20ClN5O4/c1-13-5-4-6-17(14(13)2)32-21-20-26-28(22(30)27(20)10-9-24-21)12-19(29)25-16-11-15(23)7-8-18(16)31-3/h4-11H,12H2,1-3H3,(H,25,29). The van der Waals surface area contributed by atoms with Crippen molar-refractivity contribution >= 4 is 28.8 Å². The van der Waals surface area contributed by atoms with Gasteiger partial charge in [0.25, 0.3) is 5.88 Å². The summed E-state index contributed by atoms with van der Waals surface area (Å²) in [6.45, 7) is 3.59. The third kappa shape index (κ3) is 4.15. The number of rotatable bonds is 6. The fourth-order valence-corrected chi connectivity index (χ4v) is 3.32. The van der Waals surface area contributed by atoms with Crippen LogP contribution in [0.3, 0.4) is 0 Å². The van der Waals surface area contributed by atoms with E-state index >= 15 is 0 Å². The number of carbonyl (C=O) groups excluding carboxylic acids is 1. The molecule has 0 bridgehead atoms. The van der Waals surface area contributed by atoms with E-state index in [1.165, 1.54) is 23.9 Å². The Hall–Kier alpha value is -3.85. The number of anilines is 1. The van der Waals surface area contributed by atoms with Gasteiger partial charge in [0.2, 0.25) is 11.6 Å². The van der Waals surface area contributed by atoms with Crippen LogP contribution in [0.2, 0.25) is 5.02 Å². The summed E-state index contributed by atoms with van der Waals surface area (Å²) in [5.41, 5.74) is 2.11. The lowest BCUT2D eigenvalue weighted by molar-refractivity contribution is -0.117. The minimum absolute atomic E-state index is 0.161. The van der Waals surface area contributed by atoms with Gasteiger partial charge < -0.3 is 14.8 Å². The topological polar surface area (TPSA) is 99.8 Å². The largest absolute Gasteiger partial charge is 0.495 e. The fourth-order valence-electron chi connectivity index (χ4n) is 3.14. The normalized spacial score (nSPS) is 10.9. The van der Waals surface area contributed by atoms with E-state index in [0.29, 0.717) is 22.2 Å². The number of halogens is 1. The number of ether oxygens (including phenoxy) is 2. The summed E-state index contributed by atoms with van der Waals surface area (Å²) in [6.07, 6.45) is 2.91. The van der Waals surface area contributed by atoms with E-state index in [1.54, 1.807) is 18.2 Å². The molecular weight excluding hydrogens is 434 g/mol. The number of aromatic nitrogens is 4. The predicted molar refractivity (Wildman–Crippen MR) is 120 cm³/mol. The van der Waals surface area contributed by atoms with Crippen LogP contribution < -0.4 is 20.5 Å². The van der Waals surface area contributed by atoms with Crippen LogP contribution in [0.25, 0.3) is 5.65 Å². The van der Waals surface area contributed by atoms with Crippen LogP contribution >= 0.6 is 11.6 Å². The van der Waals surface area contributed by atoms with Crippen molar-refractivity contribution < 1.29 is 14.3 Å². The monoisotopic (exact) mass is 453 g/mol. The molecule has 1 amide bonds. The number of benzene rings is 2. The van der Waals surface area contributed by atoms with Gasteiger partial charge in [-0.05, 0) is 49.2 Å². The van der Waals surface area contributed by atoms with Gasteiger partial charge in [-0.1, -0.05) is 23.7 Å². The van der Waals surface area contributed by atoms with Gasteiger partial charge in [-0.3, -0.25) is 4.79 Å². The maximum absolute atomic E-state index is 12.8. The molecule has 32 heavy (non-hydrogen) atoms. The number of hydrogen-bond acceptors (Lipinski definition) is 6. The highest BCUT2D eigenvalue weighted by atomic mass is 35.5. The number of methoxy groups -OCH3 is 1. The third-order valence-corrected chi connectivity index (χ3v) is 5.19. The number of nitrogens with one attached hydrogen (secondary N) is 1. The molecule has 4 rings (SSSR count). The molecule has 0 radical (unpaired) electrons. The first-order valence-corrected chi connectivity index (χ1v) is 10.1. The van der Waals surface area contributed by atoms with E-state index in [2.05, 4.69) is 15.4 Å². The molecule has 10 heteroatoms. The summed E-state index contributed by atoms with van der Waals surface area (Å²) < 4.78 is 13.5. The average Bonchev–Trinajstić information content (AvgIpc) is 3.08. The molecule has 0 saturated carbocycles. The molecule has 2 heterocycles. The number of carbonyl (C=O) groups is 1. The number of hydrogen-bond donors (Lipinski definition) is 1. The Balaban J connectivity index is 1.62. The second-order valence-electron chi connectivity index (χ2n) is 7.06. The Morgan fingerprint density at radius 1 is 1.19 bits per heavy atom. The van der Waals surface area contributed by atoms with Crippen molar-refractivity contribution in [2.24, 2.45) is 0 Å². The first kappa shape index (κ1) is 21.4. The van der Waals surface area contributed by atoms with Gasteiger partial charge in [0.15, 0.2) is 0 Å². The summed E-state index contributed by atoms with van der Waals surface area (Å²) in [6, 6.07) is 10.5.